The summed E-state index contributed by atoms with van der Waals surface area (Å²) in [5.41, 5.74) is 4.09. The number of piperazine rings is 1. The van der Waals surface area contributed by atoms with E-state index in [0.29, 0.717) is 29.5 Å². The van der Waals surface area contributed by atoms with E-state index in [1.54, 1.807) is 6.20 Å². The van der Waals surface area contributed by atoms with Crippen LogP contribution in [0.15, 0.2) is 30.7 Å². The zero-order valence-electron chi connectivity index (χ0n) is 22.5. The summed E-state index contributed by atoms with van der Waals surface area (Å²) in [5.74, 6) is -1.24. The Morgan fingerprint density at radius 2 is 1.72 bits per heavy atom. The molecule has 4 aromatic rings. The molecule has 0 atom stereocenters. The first-order chi connectivity index (χ1) is 18.8. The van der Waals surface area contributed by atoms with Crippen molar-refractivity contribution >= 4 is 22.6 Å². The molecule has 5 heterocycles. The Balaban J connectivity index is 1.06. The molecule has 2 saturated carbocycles. The lowest BCUT2D eigenvalue weighted by atomic mass is 9.87. The topological polar surface area (TPSA) is 79.4 Å². The second-order valence-corrected chi connectivity index (χ2v) is 11.6. The molecule has 2 aliphatic carbocycles. The van der Waals surface area contributed by atoms with E-state index >= 15 is 0 Å². The summed E-state index contributed by atoms with van der Waals surface area (Å²) in [6.45, 7) is 6.54. The summed E-state index contributed by atoms with van der Waals surface area (Å²) in [6.07, 6.45) is 9.93. The molecule has 1 saturated heterocycles. The van der Waals surface area contributed by atoms with Crippen LogP contribution in [-0.2, 0) is 0 Å². The Bertz CT molecular complexity index is 1490. The number of likely N-dealkylation sites (N-methyl/N-ethyl adjacent to an activating group) is 1. The summed E-state index contributed by atoms with van der Waals surface area (Å²) in [4.78, 5) is 18.8. The van der Waals surface area contributed by atoms with Gasteiger partial charge in [-0.25, -0.2) is 28.2 Å². The number of halogens is 2. The first kappa shape index (κ1) is 24.8. The van der Waals surface area contributed by atoms with E-state index in [1.807, 2.05) is 40.5 Å². The zero-order valence-corrected chi connectivity index (χ0v) is 22.5. The number of imidazole rings is 1. The number of nitrogens with one attached hydrogen (secondary N) is 1. The van der Waals surface area contributed by atoms with Gasteiger partial charge in [0, 0.05) is 80.7 Å². The minimum absolute atomic E-state index is 0.153. The SMILES string of the molecule is Cc1nc2ncc(-c3ccn4nc(N[C@H]5CC[C@H](N6CCN(C)CC6)CC5)ncc34)cc2n1C1CC(F)(F)C1. The number of anilines is 1. The van der Waals surface area contributed by atoms with Crippen LogP contribution in [0.2, 0.25) is 0 Å². The Morgan fingerprint density at radius 1 is 0.949 bits per heavy atom. The summed E-state index contributed by atoms with van der Waals surface area (Å²) in [7, 11) is 2.20. The number of rotatable bonds is 5. The van der Waals surface area contributed by atoms with Gasteiger partial charge in [0.05, 0.1) is 17.2 Å². The lowest BCUT2D eigenvalue weighted by Gasteiger charge is -2.41. The second kappa shape index (κ2) is 9.48. The molecule has 0 spiro atoms. The Hall–Kier alpha value is -3.18. The van der Waals surface area contributed by atoms with Crippen molar-refractivity contribution in [2.24, 2.45) is 0 Å². The minimum Gasteiger partial charge on any atom is -0.350 e. The third-order valence-electron chi connectivity index (χ3n) is 8.97. The second-order valence-electron chi connectivity index (χ2n) is 11.6. The van der Waals surface area contributed by atoms with Crippen LogP contribution in [0, 0.1) is 6.92 Å². The molecule has 0 radical (unpaired) electrons. The van der Waals surface area contributed by atoms with Crippen molar-refractivity contribution in [2.45, 2.75) is 69.5 Å². The number of nitrogens with zero attached hydrogens (tertiary/aromatic N) is 8. The van der Waals surface area contributed by atoms with E-state index in [-0.39, 0.29) is 18.9 Å². The fourth-order valence-corrected chi connectivity index (χ4v) is 6.68. The van der Waals surface area contributed by atoms with Crippen LogP contribution in [0.1, 0.15) is 50.4 Å². The molecule has 0 unspecified atom stereocenters. The van der Waals surface area contributed by atoms with Crippen LogP contribution >= 0.6 is 0 Å². The van der Waals surface area contributed by atoms with E-state index in [9.17, 15) is 8.78 Å². The van der Waals surface area contributed by atoms with Gasteiger partial charge in [0.1, 0.15) is 5.82 Å². The standard InChI is InChI=1S/C28H35F2N9/c1-18-33-26-24(39(18)22-14-28(29,30)15-22)13-19(16-31-26)23-7-8-38-25(23)17-32-27(35-38)34-20-3-5-21(6-4-20)37-11-9-36(2)10-12-37/h7-8,13,16-17,20-22H,3-6,9-12,14-15H2,1-2H3,(H,34,35)/t20-,21-. The van der Waals surface area contributed by atoms with E-state index in [4.69, 9.17) is 5.10 Å². The summed E-state index contributed by atoms with van der Waals surface area (Å²) in [5, 5.41) is 8.30. The van der Waals surface area contributed by atoms with Crippen LogP contribution in [0.3, 0.4) is 0 Å². The van der Waals surface area contributed by atoms with E-state index in [0.717, 1.165) is 48.1 Å². The molecule has 0 bridgehead atoms. The number of alkyl halides is 2. The predicted molar refractivity (Wildman–Crippen MR) is 146 cm³/mol. The van der Waals surface area contributed by atoms with Crippen molar-refractivity contribution in [3.05, 3.63) is 36.5 Å². The van der Waals surface area contributed by atoms with E-state index < -0.39 is 5.92 Å². The third-order valence-corrected chi connectivity index (χ3v) is 8.97. The molecule has 3 aliphatic rings. The van der Waals surface area contributed by atoms with E-state index in [2.05, 4.69) is 37.1 Å². The number of pyridine rings is 1. The maximum Gasteiger partial charge on any atom is 0.252 e. The van der Waals surface area contributed by atoms with Gasteiger partial charge < -0.3 is 14.8 Å². The van der Waals surface area contributed by atoms with Crippen LogP contribution in [0.5, 0.6) is 0 Å². The molecule has 9 nitrogen and oxygen atoms in total. The normalized spacial score (nSPS) is 24.8. The van der Waals surface area contributed by atoms with Gasteiger partial charge in [0.25, 0.3) is 5.92 Å². The Kier molecular flexibility index (Phi) is 6.04. The van der Waals surface area contributed by atoms with Gasteiger partial charge in [-0.1, -0.05) is 0 Å². The predicted octanol–water partition coefficient (Wildman–Crippen LogP) is 4.39. The van der Waals surface area contributed by atoms with Crippen molar-refractivity contribution < 1.29 is 8.78 Å². The zero-order chi connectivity index (χ0) is 26.7. The average molecular weight is 536 g/mol. The summed E-state index contributed by atoms with van der Waals surface area (Å²) >= 11 is 0. The Labute approximate surface area is 226 Å². The maximum atomic E-state index is 13.6. The number of aryl methyl sites for hydroxylation is 1. The highest BCUT2D eigenvalue weighted by Crippen LogP contribution is 2.47. The highest BCUT2D eigenvalue weighted by atomic mass is 19.3. The highest BCUT2D eigenvalue weighted by molar-refractivity contribution is 5.85. The van der Waals surface area contributed by atoms with E-state index in [1.165, 1.54) is 25.9 Å². The van der Waals surface area contributed by atoms with Gasteiger partial charge in [0.15, 0.2) is 5.65 Å². The molecular formula is C28H35F2N9. The molecule has 39 heavy (non-hydrogen) atoms. The maximum absolute atomic E-state index is 13.6. The average Bonchev–Trinajstić information content (AvgIpc) is 3.47. The molecular weight excluding hydrogens is 500 g/mol. The number of hydrogen-bond acceptors (Lipinski definition) is 7. The lowest BCUT2D eigenvalue weighted by molar-refractivity contribution is -0.103. The smallest absolute Gasteiger partial charge is 0.252 e. The molecule has 0 amide bonds. The Morgan fingerprint density at radius 3 is 2.46 bits per heavy atom. The first-order valence-electron chi connectivity index (χ1n) is 14.1. The highest BCUT2D eigenvalue weighted by Gasteiger charge is 2.47. The van der Waals surface area contributed by atoms with Crippen molar-refractivity contribution in [1.82, 2.24) is 38.9 Å². The van der Waals surface area contributed by atoms with Crippen LogP contribution in [0.25, 0.3) is 27.8 Å². The monoisotopic (exact) mass is 535 g/mol. The van der Waals surface area contributed by atoms with Crippen molar-refractivity contribution in [3.63, 3.8) is 0 Å². The van der Waals surface area contributed by atoms with Crippen molar-refractivity contribution in [3.8, 4) is 11.1 Å². The number of hydrogen-bond donors (Lipinski definition) is 1. The molecule has 11 heteroatoms. The number of aromatic nitrogens is 6. The quantitative estimate of drug-likeness (QED) is 0.406. The van der Waals surface area contributed by atoms with Gasteiger partial charge >= 0.3 is 0 Å². The molecule has 4 aromatic heterocycles. The van der Waals surface area contributed by atoms with Crippen molar-refractivity contribution in [1.29, 1.82) is 0 Å². The van der Waals surface area contributed by atoms with Crippen molar-refractivity contribution in [2.75, 3.05) is 38.5 Å². The molecule has 3 fully saturated rings. The van der Waals surface area contributed by atoms with Gasteiger partial charge in [-0.15, -0.1) is 5.10 Å². The largest absolute Gasteiger partial charge is 0.350 e. The lowest BCUT2D eigenvalue weighted by Crippen LogP contribution is -2.50. The number of fused-ring (bicyclic) bond motifs is 2. The molecule has 0 aromatic carbocycles. The van der Waals surface area contributed by atoms with Gasteiger partial charge in [-0.05, 0) is 51.8 Å². The fourth-order valence-electron chi connectivity index (χ4n) is 6.68. The fraction of sp³-hybridized carbons (Fsp3) is 0.571. The van der Waals surface area contributed by atoms with Gasteiger partial charge in [-0.2, -0.15) is 0 Å². The van der Waals surface area contributed by atoms with Gasteiger partial charge in [-0.3, -0.25) is 4.90 Å². The summed E-state index contributed by atoms with van der Waals surface area (Å²) < 4.78 is 31.0. The van der Waals surface area contributed by atoms with Crippen LogP contribution < -0.4 is 5.32 Å². The minimum atomic E-state index is -2.59. The molecule has 7 rings (SSSR count). The summed E-state index contributed by atoms with van der Waals surface area (Å²) in [6, 6.07) is 4.83. The third kappa shape index (κ3) is 4.65. The molecule has 1 aliphatic heterocycles. The van der Waals surface area contributed by atoms with Crippen LogP contribution in [-0.4, -0.2) is 90.2 Å². The van der Waals surface area contributed by atoms with Gasteiger partial charge in [0.2, 0.25) is 5.95 Å². The van der Waals surface area contributed by atoms with Crippen LogP contribution in [0.4, 0.5) is 14.7 Å². The first-order valence-corrected chi connectivity index (χ1v) is 14.1. The molecule has 1 N–H and O–H groups in total. The molecule has 206 valence electrons.